The Morgan fingerprint density at radius 2 is 2.25 bits per heavy atom. The van der Waals surface area contributed by atoms with E-state index >= 15 is 0 Å². The van der Waals surface area contributed by atoms with Gasteiger partial charge in [-0.05, 0) is 12.1 Å². The molecule has 0 aliphatic carbocycles. The monoisotopic (exact) mass is 184 g/mol. The van der Waals surface area contributed by atoms with Gasteiger partial charge in [0.1, 0.15) is 12.4 Å². The average molecular weight is 185 g/mol. The number of hydrogen-bond acceptors (Lipinski definition) is 3. The summed E-state index contributed by atoms with van der Waals surface area (Å²) in [5.41, 5.74) is 13.0. The highest BCUT2D eigenvalue weighted by atomic mass is 35.5. The summed E-state index contributed by atoms with van der Waals surface area (Å²) in [5, 5.41) is 0.576. The molecule has 12 heavy (non-hydrogen) atoms. The van der Waals surface area contributed by atoms with Gasteiger partial charge in [0.2, 0.25) is 0 Å². The van der Waals surface area contributed by atoms with Crippen LogP contribution in [0, 0.1) is 0 Å². The van der Waals surface area contributed by atoms with Crippen LogP contribution in [0.1, 0.15) is 11.6 Å². The van der Waals surface area contributed by atoms with Gasteiger partial charge in [-0.25, -0.2) is 0 Å². The number of hydrogen-bond donors (Lipinski definition) is 2. The van der Waals surface area contributed by atoms with E-state index in [4.69, 9.17) is 27.8 Å². The minimum atomic E-state index is -0.140. The number of nitrogens with two attached hydrogens (primary N) is 2. The maximum atomic E-state index is 5.87. The Morgan fingerprint density at radius 3 is 2.92 bits per heavy atom. The first kappa shape index (κ1) is 7.71. The molecule has 0 saturated carbocycles. The summed E-state index contributed by atoms with van der Waals surface area (Å²) in [7, 11) is 0. The zero-order chi connectivity index (χ0) is 8.72. The third-order valence-corrected chi connectivity index (χ3v) is 2.26. The molecule has 1 aromatic carbocycles. The van der Waals surface area contributed by atoms with Gasteiger partial charge in [0.15, 0.2) is 0 Å². The molecule has 0 bridgehead atoms. The Morgan fingerprint density at radius 1 is 1.50 bits per heavy atom. The van der Waals surface area contributed by atoms with Gasteiger partial charge in [0.05, 0.1) is 11.1 Å². The molecule has 4 heteroatoms. The number of halogens is 1. The molecule has 2 rings (SSSR count). The molecule has 1 atom stereocenters. The molecule has 0 aromatic heterocycles. The normalized spacial score (nSPS) is 20.3. The minimum absolute atomic E-state index is 0.140. The van der Waals surface area contributed by atoms with Crippen LogP contribution in [0.25, 0.3) is 0 Å². The molecule has 3 nitrogen and oxygen atoms in total. The number of ether oxygens (including phenoxy) is 1. The van der Waals surface area contributed by atoms with Crippen molar-refractivity contribution in [3.63, 3.8) is 0 Å². The van der Waals surface area contributed by atoms with Crippen LogP contribution >= 0.6 is 11.6 Å². The lowest BCUT2D eigenvalue weighted by Gasteiger charge is -2.05. The molecule has 1 unspecified atom stereocenters. The van der Waals surface area contributed by atoms with Crippen molar-refractivity contribution in [3.05, 3.63) is 22.7 Å². The molecule has 0 spiro atoms. The number of benzene rings is 1. The van der Waals surface area contributed by atoms with Gasteiger partial charge in [-0.15, -0.1) is 0 Å². The Hall–Kier alpha value is -0.930. The van der Waals surface area contributed by atoms with Crippen molar-refractivity contribution < 1.29 is 4.74 Å². The molecule has 1 aliphatic heterocycles. The van der Waals surface area contributed by atoms with E-state index in [-0.39, 0.29) is 6.04 Å². The molecule has 0 saturated heterocycles. The van der Waals surface area contributed by atoms with Crippen molar-refractivity contribution in [3.8, 4) is 5.75 Å². The Kier molecular flexibility index (Phi) is 1.63. The molecule has 0 amide bonds. The van der Waals surface area contributed by atoms with Gasteiger partial charge in [-0.2, -0.15) is 0 Å². The van der Waals surface area contributed by atoms with Crippen molar-refractivity contribution in [2.45, 2.75) is 6.04 Å². The molecule has 1 heterocycles. The fourth-order valence-electron chi connectivity index (χ4n) is 1.37. The van der Waals surface area contributed by atoms with Crippen LogP contribution in [0.15, 0.2) is 12.1 Å². The fraction of sp³-hybridized carbons (Fsp3) is 0.250. The SMILES string of the molecule is Nc1ccc(Cl)c2c1C(N)CO2. The van der Waals surface area contributed by atoms with E-state index in [9.17, 15) is 0 Å². The first-order valence-electron chi connectivity index (χ1n) is 3.66. The first-order chi connectivity index (χ1) is 5.70. The van der Waals surface area contributed by atoms with E-state index in [1.54, 1.807) is 12.1 Å². The number of nitrogen functional groups attached to an aromatic ring is 1. The van der Waals surface area contributed by atoms with E-state index in [0.29, 0.717) is 23.1 Å². The quantitative estimate of drug-likeness (QED) is 0.598. The van der Waals surface area contributed by atoms with Gasteiger partial charge in [-0.3, -0.25) is 0 Å². The molecule has 0 fully saturated rings. The van der Waals surface area contributed by atoms with Gasteiger partial charge in [0.25, 0.3) is 0 Å². The fourth-order valence-corrected chi connectivity index (χ4v) is 1.59. The molecule has 64 valence electrons. The number of anilines is 1. The van der Waals surface area contributed by atoms with Crippen LogP contribution in [0.3, 0.4) is 0 Å². The van der Waals surface area contributed by atoms with Crippen molar-refractivity contribution >= 4 is 17.3 Å². The smallest absolute Gasteiger partial charge is 0.144 e. The lowest BCUT2D eigenvalue weighted by Crippen LogP contribution is -2.12. The van der Waals surface area contributed by atoms with Crippen molar-refractivity contribution in [2.24, 2.45) is 5.73 Å². The third kappa shape index (κ3) is 0.940. The van der Waals surface area contributed by atoms with Gasteiger partial charge in [0, 0.05) is 11.3 Å². The van der Waals surface area contributed by atoms with Gasteiger partial charge >= 0.3 is 0 Å². The van der Waals surface area contributed by atoms with E-state index in [1.165, 1.54) is 0 Å². The van der Waals surface area contributed by atoms with Crippen LogP contribution < -0.4 is 16.2 Å². The summed E-state index contributed by atoms with van der Waals surface area (Å²) < 4.78 is 5.29. The maximum Gasteiger partial charge on any atom is 0.144 e. The van der Waals surface area contributed by atoms with Gasteiger partial charge in [-0.1, -0.05) is 11.6 Å². The van der Waals surface area contributed by atoms with Crippen LogP contribution in [0.5, 0.6) is 5.75 Å². The topological polar surface area (TPSA) is 61.3 Å². The number of fused-ring (bicyclic) bond motifs is 1. The maximum absolute atomic E-state index is 5.87. The number of rotatable bonds is 0. The van der Waals surface area contributed by atoms with E-state index in [2.05, 4.69) is 0 Å². The standard InChI is InChI=1S/C8H9ClN2O/c9-4-1-2-5(10)7-6(11)3-12-8(4)7/h1-2,6H,3,10-11H2. The minimum Gasteiger partial charge on any atom is -0.490 e. The van der Waals surface area contributed by atoms with Gasteiger partial charge < -0.3 is 16.2 Å². The van der Waals surface area contributed by atoms with Crippen molar-refractivity contribution in [2.75, 3.05) is 12.3 Å². The molecule has 1 aromatic rings. The average Bonchev–Trinajstić information content (AvgIpc) is 2.42. The van der Waals surface area contributed by atoms with Crippen LogP contribution in [-0.4, -0.2) is 6.61 Å². The van der Waals surface area contributed by atoms with E-state index < -0.39 is 0 Å². The second kappa shape index (κ2) is 2.54. The Labute approximate surface area is 75.3 Å². The van der Waals surface area contributed by atoms with Crippen molar-refractivity contribution in [1.82, 2.24) is 0 Å². The Bertz CT molecular complexity index is 327. The molecular formula is C8H9ClN2O. The largest absolute Gasteiger partial charge is 0.490 e. The zero-order valence-electron chi connectivity index (χ0n) is 6.38. The first-order valence-corrected chi connectivity index (χ1v) is 4.04. The Balaban J connectivity index is 2.64. The molecular weight excluding hydrogens is 176 g/mol. The third-order valence-electron chi connectivity index (χ3n) is 1.96. The predicted molar refractivity (Wildman–Crippen MR) is 48.3 cm³/mol. The lowest BCUT2D eigenvalue weighted by molar-refractivity contribution is 0.333. The molecule has 4 N–H and O–H groups in total. The summed E-state index contributed by atoms with van der Waals surface area (Å²) in [5.74, 6) is 0.643. The van der Waals surface area contributed by atoms with E-state index in [1.807, 2.05) is 0 Å². The highest BCUT2D eigenvalue weighted by Gasteiger charge is 2.25. The molecule has 1 aliphatic rings. The lowest BCUT2D eigenvalue weighted by atomic mass is 10.1. The summed E-state index contributed by atoms with van der Waals surface area (Å²) in [6, 6.07) is 3.32. The zero-order valence-corrected chi connectivity index (χ0v) is 7.14. The highest BCUT2D eigenvalue weighted by molar-refractivity contribution is 6.32. The predicted octanol–water partition coefficient (Wildman–Crippen LogP) is 1.31. The second-order valence-corrected chi connectivity index (χ2v) is 3.20. The van der Waals surface area contributed by atoms with Crippen LogP contribution in [0.2, 0.25) is 5.02 Å². The van der Waals surface area contributed by atoms with Crippen LogP contribution in [0.4, 0.5) is 5.69 Å². The summed E-state index contributed by atoms with van der Waals surface area (Å²) in [6.07, 6.45) is 0. The summed E-state index contributed by atoms with van der Waals surface area (Å²) in [6.45, 7) is 0.462. The van der Waals surface area contributed by atoms with Crippen molar-refractivity contribution in [1.29, 1.82) is 0 Å². The second-order valence-electron chi connectivity index (χ2n) is 2.80. The van der Waals surface area contributed by atoms with E-state index in [0.717, 1.165) is 5.56 Å². The molecule has 0 radical (unpaired) electrons. The summed E-state index contributed by atoms with van der Waals surface area (Å²) in [4.78, 5) is 0. The summed E-state index contributed by atoms with van der Waals surface area (Å²) >= 11 is 5.87. The highest BCUT2D eigenvalue weighted by Crippen LogP contribution is 2.40. The van der Waals surface area contributed by atoms with Crippen LogP contribution in [-0.2, 0) is 0 Å².